The van der Waals surface area contributed by atoms with Gasteiger partial charge in [0.05, 0.1) is 16.3 Å². The van der Waals surface area contributed by atoms with E-state index in [1.807, 2.05) is 0 Å². The van der Waals surface area contributed by atoms with Gasteiger partial charge in [-0.1, -0.05) is 13.0 Å². The average Bonchev–Trinajstić information content (AvgIpc) is 2.96. The number of fused-ring (bicyclic) bond motifs is 1. The second-order valence-corrected chi connectivity index (χ2v) is 9.12. The number of aromatic nitrogens is 1. The third-order valence-electron chi connectivity index (χ3n) is 3.98. The van der Waals surface area contributed by atoms with Crippen molar-refractivity contribution < 1.29 is 13.2 Å². The van der Waals surface area contributed by atoms with Crippen molar-refractivity contribution in [3.05, 3.63) is 40.4 Å². The molecule has 0 fully saturated rings. The van der Waals surface area contributed by atoms with Crippen LogP contribution in [0.3, 0.4) is 0 Å². The first-order valence-corrected chi connectivity index (χ1v) is 10.2. The van der Waals surface area contributed by atoms with Crippen molar-refractivity contribution in [1.82, 2.24) is 9.88 Å². The van der Waals surface area contributed by atoms with Crippen molar-refractivity contribution in [3.63, 3.8) is 0 Å². The van der Waals surface area contributed by atoms with Crippen molar-refractivity contribution in [2.24, 2.45) is 0 Å². The molecule has 25 heavy (non-hydrogen) atoms. The van der Waals surface area contributed by atoms with Crippen LogP contribution < -0.4 is 5.32 Å². The Morgan fingerprint density at radius 1 is 1.40 bits per heavy atom. The second-order valence-electron chi connectivity index (χ2n) is 5.76. The fraction of sp³-hybridized carbons (Fsp3) is 0.375. The van der Waals surface area contributed by atoms with Gasteiger partial charge in [-0.25, -0.2) is 13.4 Å². The number of sulfone groups is 1. The lowest BCUT2D eigenvalue weighted by molar-refractivity contribution is 0.102. The predicted molar refractivity (Wildman–Crippen MR) is 102 cm³/mol. The molecule has 2 aromatic rings. The van der Waals surface area contributed by atoms with Crippen LogP contribution in [-0.4, -0.2) is 43.6 Å². The van der Waals surface area contributed by atoms with E-state index < -0.39 is 9.84 Å². The van der Waals surface area contributed by atoms with Crippen molar-refractivity contribution in [2.75, 3.05) is 24.7 Å². The number of rotatable bonds is 4. The zero-order valence-electron chi connectivity index (χ0n) is 14.0. The van der Waals surface area contributed by atoms with Gasteiger partial charge in [0.2, 0.25) is 0 Å². The summed E-state index contributed by atoms with van der Waals surface area (Å²) in [6.07, 6.45) is 0.877. The van der Waals surface area contributed by atoms with E-state index in [1.165, 1.54) is 28.3 Å². The molecule has 1 N–H and O–H groups in total. The molecule has 3 rings (SSSR count). The molecule has 0 spiro atoms. The van der Waals surface area contributed by atoms with Crippen LogP contribution in [0.5, 0.6) is 0 Å². The van der Waals surface area contributed by atoms with Crippen LogP contribution in [-0.2, 0) is 22.8 Å². The highest BCUT2D eigenvalue weighted by Gasteiger charge is 2.20. The van der Waals surface area contributed by atoms with Crippen molar-refractivity contribution in [1.29, 1.82) is 0 Å². The number of hydrogen-bond donors (Lipinski definition) is 1. The molecule has 0 saturated heterocycles. The van der Waals surface area contributed by atoms with E-state index in [2.05, 4.69) is 22.2 Å². The maximum Gasteiger partial charge on any atom is 0.257 e. The fourth-order valence-electron chi connectivity index (χ4n) is 2.54. The van der Waals surface area contributed by atoms with Crippen molar-refractivity contribution in [3.8, 4) is 0 Å². The first-order valence-electron chi connectivity index (χ1n) is 7.70. The standard InChI is InChI=1S/C16H19N3O3S2.ClH/c1-3-24(21,22)12-6-4-5-11(9-12)15(20)18-16-17-13-7-8-19(2)10-14(13)23-16;/h4-6,9H,3,7-8,10H2,1-2H3,(H,17,18,20);1H. The number of carbonyl (C=O) groups excluding carboxylic acids is 1. The third kappa shape index (κ3) is 4.38. The lowest BCUT2D eigenvalue weighted by atomic mass is 10.2. The zero-order valence-corrected chi connectivity index (χ0v) is 16.4. The Bertz CT molecular complexity index is 881. The zero-order chi connectivity index (χ0) is 17.3. The van der Waals surface area contributed by atoms with Gasteiger partial charge < -0.3 is 4.90 Å². The fourth-order valence-corrected chi connectivity index (χ4v) is 4.55. The number of benzene rings is 1. The summed E-state index contributed by atoms with van der Waals surface area (Å²) in [4.78, 5) is 20.4. The summed E-state index contributed by atoms with van der Waals surface area (Å²) in [5.41, 5.74) is 1.35. The molecule has 0 aliphatic carbocycles. The van der Waals surface area contributed by atoms with E-state index in [9.17, 15) is 13.2 Å². The van der Waals surface area contributed by atoms with Crippen LogP contribution in [0.15, 0.2) is 29.2 Å². The average molecular weight is 402 g/mol. The molecule has 2 heterocycles. The van der Waals surface area contributed by atoms with E-state index >= 15 is 0 Å². The van der Waals surface area contributed by atoms with Crippen LogP contribution in [0, 0.1) is 0 Å². The molecular weight excluding hydrogens is 382 g/mol. The van der Waals surface area contributed by atoms with Crippen LogP contribution >= 0.6 is 23.7 Å². The van der Waals surface area contributed by atoms with Gasteiger partial charge in [0.1, 0.15) is 0 Å². The summed E-state index contributed by atoms with van der Waals surface area (Å²) in [7, 11) is -1.28. The van der Waals surface area contributed by atoms with E-state index in [4.69, 9.17) is 0 Å². The van der Waals surface area contributed by atoms with Gasteiger partial charge >= 0.3 is 0 Å². The second kappa shape index (κ2) is 7.82. The third-order valence-corrected chi connectivity index (χ3v) is 6.71. The number of likely N-dealkylation sites (N-methyl/N-ethyl adjacent to an activating group) is 1. The Morgan fingerprint density at radius 3 is 2.88 bits per heavy atom. The maximum atomic E-state index is 12.4. The molecule has 1 aliphatic heterocycles. The van der Waals surface area contributed by atoms with Crippen LogP contribution in [0.2, 0.25) is 0 Å². The number of carbonyl (C=O) groups is 1. The summed E-state index contributed by atoms with van der Waals surface area (Å²) in [5, 5.41) is 3.34. The van der Waals surface area contributed by atoms with Gasteiger partial charge in [0, 0.05) is 30.0 Å². The number of nitrogens with zero attached hydrogens (tertiary/aromatic N) is 2. The lowest BCUT2D eigenvalue weighted by Gasteiger charge is -2.20. The maximum absolute atomic E-state index is 12.4. The Hall–Kier alpha value is -1.48. The van der Waals surface area contributed by atoms with E-state index in [0.29, 0.717) is 10.7 Å². The van der Waals surface area contributed by atoms with E-state index in [-0.39, 0.29) is 29.0 Å². The van der Waals surface area contributed by atoms with Crippen molar-refractivity contribution >= 4 is 44.6 Å². The number of nitrogens with one attached hydrogen (secondary N) is 1. The summed E-state index contributed by atoms with van der Waals surface area (Å²) in [5.74, 6) is -0.340. The number of halogens is 1. The molecule has 9 heteroatoms. The predicted octanol–water partition coefficient (Wildman–Crippen LogP) is 2.60. The Balaban J connectivity index is 0.00000225. The summed E-state index contributed by atoms with van der Waals surface area (Å²) in [6.45, 7) is 3.38. The van der Waals surface area contributed by atoms with Gasteiger partial charge in [-0.3, -0.25) is 10.1 Å². The molecule has 6 nitrogen and oxygen atoms in total. The molecule has 0 saturated carbocycles. The molecule has 0 unspecified atom stereocenters. The topological polar surface area (TPSA) is 79.4 Å². The molecule has 0 bridgehead atoms. The molecule has 1 aromatic heterocycles. The minimum atomic E-state index is -3.33. The van der Waals surface area contributed by atoms with Gasteiger partial charge in [0.15, 0.2) is 15.0 Å². The summed E-state index contributed by atoms with van der Waals surface area (Å²) >= 11 is 1.47. The number of amides is 1. The summed E-state index contributed by atoms with van der Waals surface area (Å²) < 4.78 is 23.9. The molecule has 1 aliphatic rings. The molecular formula is C16H20ClN3O3S2. The highest BCUT2D eigenvalue weighted by molar-refractivity contribution is 7.91. The van der Waals surface area contributed by atoms with Crippen LogP contribution in [0.1, 0.15) is 27.9 Å². The SMILES string of the molecule is CCS(=O)(=O)c1cccc(C(=O)Nc2nc3c(s2)CN(C)CC3)c1.Cl. The number of anilines is 1. The van der Waals surface area contributed by atoms with Crippen LogP contribution in [0.25, 0.3) is 0 Å². The quantitative estimate of drug-likeness (QED) is 0.851. The summed E-state index contributed by atoms with van der Waals surface area (Å²) in [6, 6.07) is 6.10. The number of thiazole rings is 1. The highest BCUT2D eigenvalue weighted by Crippen LogP contribution is 2.28. The highest BCUT2D eigenvalue weighted by atomic mass is 35.5. The molecule has 0 radical (unpaired) electrons. The Labute approximate surface area is 157 Å². The minimum Gasteiger partial charge on any atom is -0.301 e. The smallest absolute Gasteiger partial charge is 0.257 e. The Kier molecular flexibility index (Phi) is 6.21. The number of hydrogen-bond acceptors (Lipinski definition) is 6. The molecule has 136 valence electrons. The lowest BCUT2D eigenvalue weighted by Crippen LogP contribution is -2.25. The minimum absolute atomic E-state index is 0. The molecule has 1 amide bonds. The molecule has 1 aromatic carbocycles. The Morgan fingerprint density at radius 2 is 2.16 bits per heavy atom. The van der Waals surface area contributed by atoms with Gasteiger partial charge in [-0.05, 0) is 25.2 Å². The first kappa shape index (κ1) is 19.8. The van der Waals surface area contributed by atoms with Gasteiger partial charge in [-0.15, -0.1) is 23.7 Å². The monoisotopic (exact) mass is 401 g/mol. The van der Waals surface area contributed by atoms with Crippen LogP contribution in [0.4, 0.5) is 5.13 Å². The normalized spacial score (nSPS) is 14.5. The molecule has 0 atom stereocenters. The van der Waals surface area contributed by atoms with Gasteiger partial charge in [-0.2, -0.15) is 0 Å². The first-order chi connectivity index (χ1) is 11.4. The largest absolute Gasteiger partial charge is 0.301 e. The van der Waals surface area contributed by atoms with Crippen molar-refractivity contribution in [2.45, 2.75) is 24.8 Å². The van der Waals surface area contributed by atoms with E-state index in [1.54, 1.807) is 19.1 Å². The van der Waals surface area contributed by atoms with Gasteiger partial charge in [0.25, 0.3) is 5.91 Å². The van der Waals surface area contributed by atoms with E-state index in [0.717, 1.165) is 25.2 Å².